The van der Waals surface area contributed by atoms with Crippen molar-refractivity contribution in [3.05, 3.63) is 65.9 Å². The van der Waals surface area contributed by atoms with Crippen molar-refractivity contribution >= 4 is 16.7 Å². The molecule has 3 rings (SSSR count). The molecule has 1 atom stereocenters. The van der Waals surface area contributed by atoms with Crippen molar-refractivity contribution in [1.82, 2.24) is 0 Å². The predicted molar refractivity (Wildman–Crippen MR) is 87.6 cm³/mol. The number of hydrogen-bond acceptors (Lipinski definition) is 3. The molecule has 0 fully saturated rings. The van der Waals surface area contributed by atoms with Gasteiger partial charge in [-0.15, -0.1) is 0 Å². The quantitative estimate of drug-likeness (QED) is 0.788. The molecule has 0 saturated heterocycles. The van der Waals surface area contributed by atoms with Gasteiger partial charge >= 0.3 is 0 Å². The molecular weight excluding hydrogens is 260 g/mol. The first-order valence-corrected chi connectivity index (χ1v) is 7.16. The standard InChI is InChI=1S/C18H20N2O/c1-13-7-9-14(10-8-13)20(2)17(11-19)16-12-21-18-6-4-3-5-15(16)18/h3-10,12,17H,11,19H2,1-2H3. The van der Waals surface area contributed by atoms with E-state index in [9.17, 15) is 0 Å². The van der Waals surface area contributed by atoms with E-state index in [1.807, 2.05) is 24.5 Å². The number of benzene rings is 2. The summed E-state index contributed by atoms with van der Waals surface area (Å²) in [5, 5.41) is 1.13. The van der Waals surface area contributed by atoms with Gasteiger partial charge in [-0.2, -0.15) is 0 Å². The minimum atomic E-state index is 0.0938. The molecular formula is C18H20N2O. The Balaban J connectivity index is 1.99. The van der Waals surface area contributed by atoms with Gasteiger partial charge in [-0.1, -0.05) is 35.9 Å². The summed E-state index contributed by atoms with van der Waals surface area (Å²) in [6.45, 7) is 2.63. The lowest BCUT2D eigenvalue weighted by Crippen LogP contribution is -2.30. The first-order valence-electron chi connectivity index (χ1n) is 7.16. The first kappa shape index (κ1) is 13.7. The van der Waals surface area contributed by atoms with Crippen molar-refractivity contribution in [1.29, 1.82) is 0 Å². The van der Waals surface area contributed by atoms with Gasteiger partial charge in [-0.25, -0.2) is 0 Å². The maximum atomic E-state index is 6.04. The number of anilines is 1. The normalized spacial score (nSPS) is 12.5. The third-order valence-electron chi connectivity index (χ3n) is 4.00. The highest BCUT2D eigenvalue weighted by Gasteiger charge is 2.20. The van der Waals surface area contributed by atoms with Crippen LogP contribution in [0.4, 0.5) is 5.69 Å². The lowest BCUT2D eigenvalue weighted by atomic mass is 10.0. The van der Waals surface area contributed by atoms with Gasteiger partial charge in [-0.05, 0) is 25.1 Å². The van der Waals surface area contributed by atoms with Crippen molar-refractivity contribution in [2.24, 2.45) is 5.73 Å². The molecule has 1 aromatic heterocycles. The second-order valence-corrected chi connectivity index (χ2v) is 5.39. The highest BCUT2D eigenvalue weighted by Crippen LogP contribution is 2.31. The maximum absolute atomic E-state index is 6.04. The third-order valence-corrected chi connectivity index (χ3v) is 4.00. The van der Waals surface area contributed by atoms with E-state index in [4.69, 9.17) is 10.2 Å². The number of aryl methyl sites for hydroxylation is 1. The van der Waals surface area contributed by atoms with Gasteiger partial charge in [0.25, 0.3) is 0 Å². The summed E-state index contributed by atoms with van der Waals surface area (Å²) in [6.07, 6.45) is 1.83. The number of rotatable bonds is 4. The van der Waals surface area contributed by atoms with Crippen LogP contribution in [-0.4, -0.2) is 13.6 Å². The Labute approximate surface area is 125 Å². The number of para-hydroxylation sites is 1. The van der Waals surface area contributed by atoms with Crippen molar-refractivity contribution in [2.45, 2.75) is 13.0 Å². The van der Waals surface area contributed by atoms with Gasteiger partial charge in [0.05, 0.1) is 12.3 Å². The summed E-state index contributed by atoms with van der Waals surface area (Å²) in [6, 6.07) is 16.7. The van der Waals surface area contributed by atoms with Gasteiger partial charge in [0.15, 0.2) is 0 Å². The van der Waals surface area contributed by atoms with Crippen LogP contribution in [0.5, 0.6) is 0 Å². The number of likely N-dealkylation sites (N-methyl/N-ethyl adjacent to an activating group) is 1. The maximum Gasteiger partial charge on any atom is 0.134 e. The zero-order valence-corrected chi connectivity index (χ0v) is 12.4. The Bertz CT molecular complexity index is 730. The molecule has 0 spiro atoms. The molecule has 3 nitrogen and oxygen atoms in total. The molecule has 3 heteroatoms. The largest absolute Gasteiger partial charge is 0.464 e. The molecule has 0 amide bonds. The van der Waals surface area contributed by atoms with Crippen molar-refractivity contribution < 1.29 is 4.42 Å². The molecule has 0 aliphatic carbocycles. The van der Waals surface area contributed by atoms with Crippen LogP contribution in [0.3, 0.4) is 0 Å². The van der Waals surface area contributed by atoms with E-state index < -0.39 is 0 Å². The summed E-state index contributed by atoms with van der Waals surface area (Å²) in [5.41, 5.74) is 10.5. The van der Waals surface area contributed by atoms with Gasteiger partial charge in [0.1, 0.15) is 5.58 Å². The van der Waals surface area contributed by atoms with Crippen molar-refractivity contribution in [2.75, 3.05) is 18.5 Å². The van der Waals surface area contributed by atoms with E-state index in [0.29, 0.717) is 6.54 Å². The summed E-state index contributed by atoms with van der Waals surface area (Å²) in [7, 11) is 2.07. The first-order chi connectivity index (χ1) is 10.2. The van der Waals surface area contributed by atoms with Crippen LogP contribution in [0.25, 0.3) is 11.0 Å². The van der Waals surface area contributed by atoms with Gasteiger partial charge in [-0.3, -0.25) is 0 Å². The van der Waals surface area contributed by atoms with Crippen molar-refractivity contribution in [3.63, 3.8) is 0 Å². The summed E-state index contributed by atoms with van der Waals surface area (Å²) >= 11 is 0. The zero-order valence-electron chi connectivity index (χ0n) is 12.4. The third kappa shape index (κ3) is 2.52. The van der Waals surface area contributed by atoms with Crippen LogP contribution >= 0.6 is 0 Å². The van der Waals surface area contributed by atoms with E-state index >= 15 is 0 Å². The van der Waals surface area contributed by atoms with Crippen LogP contribution in [0, 0.1) is 6.92 Å². The molecule has 0 aliphatic rings. The Morgan fingerprint density at radius 1 is 1.10 bits per heavy atom. The fourth-order valence-electron chi connectivity index (χ4n) is 2.71. The molecule has 21 heavy (non-hydrogen) atoms. The number of nitrogens with two attached hydrogens (primary N) is 1. The van der Waals surface area contributed by atoms with Crippen LogP contribution < -0.4 is 10.6 Å². The highest BCUT2D eigenvalue weighted by atomic mass is 16.3. The summed E-state index contributed by atoms with van der Waals surface area (Å²) in [4.78, 5) is 2.21. The molecule has 2 aromatic carbocycles. The smallest absolute Gasteiger partial charge is 0.134 e. The van der Waals surface area contributed by atoms with Crippen molar-refractivity contribution in [3.8, 4) is 0 Å². The average molecular weight is 280 g/mol. The Morgan fingerprint density at radius 2 is 1.81 bits per heavy atom. The number of nitrogens with zero attached hydrogens (tertiary/aromatic N) is 1. The highest BCUT2D eigenvalue weighted by molar-refractivity contribution is 5.82. The molecule has 3 aromatic rings. The molecule has 1 heterocycles. The van der Waals surface area contributed by atoms with Gasteiger partial charge in [0, 0.05) is 30.2 Å². The second-order valence-electron chi connectivity index (χ2n) is 5.39. The molecule has 1 unspecified atom stereocenters. The lowest BCUT2D eigenvalue weighted by Gasteiger charge is -2.28. The summed E-state index contributed by atoms with van der Waals surface area (Å²) < 4.78 is 5.65. The van der Waals surface area contributed by atoms with Crippen LogP contribution in [-0.2, 0) is 0 Å². The number of hydrogen-bond donors (Lipinski definition) is 1. The molecule has 0 aliphatic heterocycles. The fourth-order valence-corrected chi connectivity index (χ4v) is 2.71. The average Bonchev–Trinajstić information content (AvgIpc) is 2.93. The van der Waals surface area contributed by atoms with Crippen LogP contribution in [0.1, 0.15) is 17.2 Å². The minimum Gasteiger partial charge on any atom is -0.464 e. The number of furan rings is 1. The predicted octanol–water partition coefficient (Wildman–Crippen LogP) is 3.88. The van der Waals surface area contributed by atoms with E-state index in [-0.39, 0.29) is 6.04 Å². The van der Waals surface area contributed by atoms with Crippen LogP contribution in [0.15, 0.2) is 59.2 Å². The summed E-state index contributed by atoms with van der Waals surface area (Å²) in [5.74, 6) is 0. The van der Waals surface area contributed by atoms with E-state index in [1.54, 1.807) is 0 Å². The Hall–Kier alpha value is -2.26. The zero-order chi connectivity index (χ0) is 14.8. The molecule has 108 valence electrons. The molecule has 0 bridgehead atoms. The lowest BCUT2D eigenvalue weighted by molar-refractivity contribution is 0.595. The number of fused-ring (bicyclic) bond motifs is 1. The fraction of sp³-hybridized carbons (Fsp3) is 0.222. The molecule has 0 radical (unpaired) electrons. The Kier molecular flexibility index (Phi) is 3.67. The van der Waals surface area contributed by atoms with E-state index in [1.165, 1.54) is 5.56 Å². The van der Waals surface area contributed by atoms with Gasteiger partial charge in [0.2, 0.25) is 0 Å². The molecule has 2 N–H and O–H groups in total. The van der Waals surface area contributed by atoms with E-state index in [2.05, 4.69) is 49.2 Å². The van der Waals surface area contributed by atoms with E-state index in [0.717, 1.165) is 22.2 Å². The SMILES string of the molecule is Cc1ccc(N(C)C(CN)c2coc3ccccc23)cc1. The monoisotopic (exact) mass is 280 g/mol. The molecule has 0 saturated carbocycles. The minimum absolute atomic E-state index is 0.0938. The topological polar surface area (TPSA) is 42.4 Å². The Morgan fingerprint density at radius 3 is 2.52 bits per heavy atom. The van der Waals surface area contributed by atoms with Crippen LogP contribution in [0.2, 0.25) is 0 Å². The second kappa shape index (κ2) is 5.62. The van der Waals surface area contributed by atoms with Gasteiger partial charge < -0.3 is 15.1 Å².